The normalized spacial score (nSPS) is 10.1. The van der Waals surface area contributed by atoms with Crippen LogP contribution in [0.5, 0.6) is 0 Å². The van der Waals surface area contributed by atoms with Crippen molar-refractivity contribution < 1.29 is 14.0 Å². The fourth-order valence-corrected chi connectivity index (χ4v) is 2.11. The summed E-state index contributed by atoms with van der Waals surface area (Å²) in [6.07, 6.45) is 1.45. The van der Waals surface area contributed by atoms with Gasteiger partial charge in [0.05, 0.1) is 0 Å². The lowest BCUT2D eigenvalue weighted by Gasteiger charge is -2.07. The summed E-state index contributed by atoms with van der Waals surface area (Å²) < 4.78 is 12.8. The van der Waals surface area contributed by atoms with Crippen LogP contribution in [0.4, 0.5) is 10.1 Å². The number of hydrogen-bond acceptors (Lipinski definition) is 2. The fourth-order valence-electron chi connectivity index (χ4n) is 2.11. The van der Waals surface area contributed by atoms with Crippen LogP contribution in [-0.2, 0) is 16.0 Å². The Hall–Kier alpha value is -2.69. The van der Waals surface area contributed by atoms with E-state index in [9.17, 15) is 14.0 Å². The van der Waals surface area contributed by atoms with Gasteiger partial charge in [0, 0.05) is 12.2 Å². The zero-order valence-corrected chi connectivity index (χ0v) is 12.7. The van der Waals surface area contributed by atoms with Crippen LogP contribution in [0.25, 0.3) is 0 Å². The molecule has 0 radical (unpaired) electrons. The number of halogens is 1. The monoisotopic (exact) mass is 314 g/mol. The maximum Gasteiger partial charge on any atom is 0.233 e. The summed E-state index contributed by atoms with van der Waals surface area (Å²) in [4.78, 5) is 23.4. The summed E-state index contributed by atoms with van der Waals surface area (Å²) in [5.41, 5.74) is 1.68. The second-order valence-corrected chi connectivity index (χ2v) is 5.17. The lowest BCUT2D eigenvalue weighted by Crippen LogP contribution is -2.29. The number of amides is 2. The standard InChI is InChI=1S/C18H19FN2O2/c19-15-8-10-16(11-9-15)21-18(23)13-17(22)20-12-4-7-14-5-2-1-3-6-14/h1-3,5-6,8-11H,4,7,12-13H2,(H,20,22)(H,21,23). The van der Waals surface area contributed by atoms with Crippen LogP contribution in [0.3, 0.4) is 0 Å². The number of rotatable bonds is 7. The third kappa shape index (κ3) is 6.30. The van der Waals surface area contributed by atoms with Crippen LogP contribution < -0.4 is 10.6 Å². The molecular formula is C18H19FN2O2. The van der Waals surface area contributed by atoms with Crippen molar-refractivity contribution >= 4 is 17.5 Å². The highest BCUT2D eigenvalue weighted by molar-refractivity contribution is 6.03. The Morgan fingerprint density at radius 2 is 1.61 bits per heavy atom. The maximum atomic E-state index is 12.8. The molecule has 0 aliphatic heterocycles. The van der Waals surface area contributed by atoms with Crippen molar-refractivity contribution in [3.8, 4) is 0 Å². The predicted octanol–water partition coefficient (Wildman–Crippen LogP) is 2.90. The average molecular weight is 314 g/mol. The Morgan fingerprint density at radius 1 is 0.913 bits per heavy atom. The first-order chi connectivity index (χ1) is 11.1. The highest BCUT2D eigenvalue weighted by Crippen LogP contribution is 2.08. The van der Waals surface area contributed by atoms with Crippen molar-refractivity contribution in [1.82, 2.24) is 5.32 Å². The second-order valence-electron chi connectivity index (χ2n) is 5.17. The summed E-state index contributed by atoms with van der Waals surface area (Å²) in [5.74, 6) is -1.12. The van der Waals surface area contributed by atoms with Gasteiger partial charge in [-0.1, -0.05) is 30.3 Å². The van der Waals surface area contributed by atoms with Crippen molar-refractivity contribution in [2.45, 2.75) is 19.3 Å². The van der Waals surface area contributed by atoms with Gasteiger partial charge in [0.1, 0.15) is 12.2 Å². The van der Waals surface area contributed by atoms with Gasteiger partial charge in [-0.05, 0) is 42.7 Å². The zero-order chi connectivity index (χ0) is 16.5. The molecular weight excluding hydrogens is 295 g/mol. The van der Waals surface area contributed by atoms with E-state index in [0.717, 1.165) is 12.8 Å². The van der Waals surface area contributed by atoms with Crippen LogP contribution >= 0.6 is 0 Å². The van der Waals surface area contributed by atoms with Crippen LogP contribution in [0, 0.1) is 5.82 Å². The minimum atomic E-state index is -0.419. The lowest BCUT2D eigenvalue weighted by atomic mass is 10.1. The highest BCUT2D eigenvalue weighted by atomic mass is 19.1. The van der Waals surface area contributed by atoms with E-state index in [4.69, 9.17) is 0 Å². The molecule has 0 bridgehead atoms. The number of nitrogens with one attached hydrogen (secondary N) is 2. The minimum Gasteiger partial charge on any atom is -0.356 e. The smallest absolute Gasteiger partial charge is 0.233 e. The van der Waals surface area contributed by atoms with Crippen LogP contribution in [0.1, 0.15) is 18.4 Å². The molecule has 0 saturated carbocycles. The van der Waals surface area contributed by atoms with Crippen molar-refractivity contribution in [3.63, 3.8) is 0 Å². The van der Waals surface area contributed by atoms with Gasteiger partial charge in [0.25, 0.3) is 0 Å². The van der Waals surface area contributed by atoms with Gasteiger partial charge in [-0.15, -0.1) is 0 Å². The largest absolute Gasteiger partial charge is 0.356 e. The van der Waals surface area contributed by atoms with Crippen LogP contribution in [-0.4, -0.2) is 18.4 Å². The average Bonchev–Trinajstić information content (AvgIpc) is 2.55. The fraction of sp³-hybridized carbons (Fsp3) is 0.222. The molecule has 0 saturated heterocycles. The Kier molecular flexibility index (Phi) is 6.29. The molecule has 0 fully saturated rings. The Balaban J connectivity index is 1.64. The number of carbonyl (C=O) groups is 2. The molecule has 2 rings (SSSR count). The van der Waals surface area contributed by atoms with Gasteiger partial charge < -0.3 is 10.6 Å². The molecule has 0 aromatic heterocycles. The Morgan fingerprint density at radius 3 is 2.30 bits per heavy atom. The Bertz CT molecular complexity index is 642. The summed E-state index contributed by atoms with van der Waals surface area (Å²) in [5, 5.41) is 5.27. The van der Waals surface area contributed by atoms with Gasteiger partial charge >= 0.3 is 0 Å². The molecule has 4 nitrogen and oxygen atoms in total. The molecule has 2 aromatic rings. The molecule has 2 N–H and O–H groups in total. The van der Waals surface area contributed by atoms with E-state index in [2.05, 4.69) is 10.6 Å². The molecule has 5 heteroatoms. The minimum absolute atomic E-state index is 0.247. The van der Waals surface area contributed by atoms with Gasteiger partial charge in [0.15, 0.2) is 0 Å². The highest BCUT2D eigenvalue weighted by Gasteiger charge is 2.09. The van der Waals surface area contributed by atoms with E-state index in [1.54, 1.807) is 0 Å². The molecule has 0 unspecified atom stereocenters. The molecule has 0 heterocycles. The van der Waals surface area contributed by atoms with Crippen molar-refractivity contribution in [1.29, 1.82) is 0 Å². The summed E-state index contributed by atoms with van der Waals surface area (Å²) >= 11 is 0. The first kappa shape index (κ1) is 16.7. The van der Waals surface area contributed by atoms with E-state index >= 15 is 0 Å². The first-order valence-electron chi connectivity index (χ1n) is 7.49. The summed E-state index contributed by atoms with van der Waals surface area (Å²) in [6.45, 7) is 0.525. The van der Waals surface area contributed by atoms with Crippen molar-refractivity contribution in [3.05, 3.63) is 66.0 Å². The predicted molar refractivity (Wildman–Crippen MR) is 87.4 cm³/mol. The number of hydrogen-bond donors (Lipinski definition) is 2. The quantitative estimate of drug-likeness (QED) is 0.610. The van der Waals surface area contributed by atoms with Crippen molar-refractivity contribution in [2.75, 3.05) is 11.9 Å². The van der Waals surface area contributed by atoms with Crippen LogP contribution in [0.15, 0.2) is 54.6 Å². The van der Waals surface area contributed by atoms with Gasteiger partial charge in [-0.2, -0.15) is 0 Å². The van der Waals surface area contributed by atoms with Gasteiger partial charge in [-0.25, -0.2) is 4.39 Å². The van der Waals surface area contributed by atoms with Gasteiger partial charge in [-0.3, -0.25) is 9.59 Å². The first-order valence-corrected chi connectivity index (χ1v) is 7.49. The van der Waals surface area contributed by atoms with E-state index in [1.165, 1.54) is 29.8 Å². The molecule has 120 valence electrons. The molecule has 0 aliphatic rings. The maximum absolute atomic E-state index is 12.8. The number of benzene rings is 2. The molecule has 0 aliphatic carbocycles. The van der Waals surface area contributed by atoms with E-state index in [0.29, 0.717) is 12.2 Å². The lowest BCUT2D eigenvalue weighted by molar-refractivity contribution is -0.126. The van der Waals surface area contributed by atoms with E-state index in [-0.39, 0.29) is 18.1 Å². The van der Waals surface area contributed by atoms with Crippen molar-refractivity contribution in [2.24, 2.45) is 0 Å². The molecule has 2 aromatic carbocycles. The molecule has 0 spiro atoms. The summed E-state index contributed by atoms with van der Waals surface area (Å²) in [7, 11) is 0. The van der Waals surface area contributed by atoms with E-state index < -0.39 is 5.91 Å². The summed E-state index contributed by atoms with van der Waals surface area (Å²) in [6, 6.07) is 15.4. The van der Waals surface area contributed by atoms with Crippen LogP contribution in [0.2, 0.25) is 0 Å². The zero-order valence-electron chi connectivity index (χ0n) is 12.7. The third-order valence-corrected chi connectivity index (χ3v) is 3.26. The molecule has 2 amide bonds. The number of carbonyl (C=O) groups excluding carboxylic acids is 2. The molecule has 0 atom stereocenters. The SMILES string of the molecule is O=C(CC(=O)Nc1ccc(F)cc1)NCCCc1ccccc1. The second kappa shape index (κ2) is 8.68. The van der Waals surface area contributed by atoms with E-state index in [1.807, 2.05) is 30.3 Å². The topological polar surface area (TPSA) is 58.2 Å². The molecule has 23 heavy (non-hydrogen) atoms. The number of aryl methyl sites for hydroxylation is 1. The number of anilines is 1. The van der Waals surface area contributed by atoms with Gasteiger partial charge in [0.2, 0.25) is 11.8 Å². The Labute approximate surface area is 134 Å². The third-order valence-electron chi connectivity index (χ3n) is 3.26.